The summed E-state index contributed by atoms with van der Waals surface area (Å²) in [6.45, 7) is 3.07. The molecule has 1 fully saturated rings. The van der Waals surface area contributed by atoms with Crippen LogP contribution in [-0.4, -0.2) is 41.0 Å². The molecule has 1 aliphatic heterocycles. The highest BCUT2D eigenvalue weighted by Crippen LogP contribution is 2.36. The van der Waals surface area contributed by atoms with Gasteiger partial charge in [0.05, 0.1) is 11.5 Å². The molecule has 0 bridgehead atoms. The van der Waals surface area contributed by atoms with Gasteiger partial charge in [0.1, 0.15) is 0 Å². The van der Waals surface area contributed by atoms with Crippen LogP contribution in [0, 0.1) is 0 Å². The van der Waals surface area contributed by atoms with Crippen LogP contribution in [-0.2, 0) is 15.0 Å². The highest BCUT2D eigenvalue weighted by atomic mass is 16.4. The van der Waals surface area contributed by atoms with E-state index in [1.54, 1.807) is 0 Å². The van der Waals surface area contributed by atoms with E-state index >= 15 is 0 Å². The second-order valence-electron chi connectivity index (χ2n) is 5.62. The number of primary amides is 1. The van der Waals surface area contributed by atoms with Crippen LogP contribution in [0.3, 0.4) is 0 Å². The summed E-state index contributed by atoms with van der Waals surface area (Å²) in [5, 5.41) is 9.72. The number of carbonyl (C=O) groups excluding carboxylic acids is 1. The van der Waals surface area contributed by atoms with Crippen molar-refractivity contribution in [2.24, 2.45) is 5.73 Å². The summed E-state index contributed by atoms with van der Waals surface area (Å²) in [7, 11) is 0. The highest BCUT2D eigenvalue weighted by Gasteiger charge is 2.44. The average molecular weight is 290 g/mol. The Balaban J connectivity index is 2.19. The first-order valence-electron chi connectivity index (χ1n) is 7.33. The van der Waals surface area contributed by atoms with E-state index in [1.807, 2.05) is 42.2 Å². The molecule has 1 amide bonds. The van der Waals surface area contributed by atoms with E-state index in [1.165, 1.54) is 0 Å². The Morgan fingerprint density at radius 1 is 1.29 bits per heavy atom. The number of amides is 1. The first-order chi connectivity index (χ1) is 10.0. The Labute approximate surface area is 124 Å². The van der Waals surface area contributed by atoms with E-state index in [0.717, 1.165) is 5.56 Å². The minimum absolute atomic E-state index is 0.299. The van der Waals surface area contributed by atoms with Crippen molar-refractivity contribution >= 4 is 11.9 Å². The van der Waals surface area contributed by atoms with Crippen molar-refractivity contribution in [3.8, 4) is 0 Å². The van der Waals surface area contributed by atoms with Crippen LogP contribution in [0.4, 0.5) is 0 Å². The Kier molecular flexibility index (Phi) is 4.63. The zero-order valence-electron chi connectivity index (χ0n) is 12.3. The number of nitrogens with zero attached hydrogens (tertiary/aromatic N) is 1. The second kappa shape index (κ2) is 6.26. The molecule has 1 heterocycles. The summed E-state index contributed by atoms with van der Waals surface area (Å²) in [5.41, 5.74) is 5.40. The van der Waals surface area contributed by atoms with Gasteiger partial charge in [0.15, 0.2) is 0 Å². The van der Waals surface area contributed by atoms with Gasteiger partial charge in [0, 0.05) is 13.1 Å². The summed E-state index contributed by atoms with van der Waals surface area (Å²) < 4.78 is 0. The van der Waals surface area contributed by atoms with Crippen LogP contribution < -0.4 is 5.73 Å². The number of carboxylic acids is 1. The third-order valence-corrected chi connectivity index (χ3v) is 4.54. The maximum atomic E-state index is 11.8. The lowest BCUT2D eigenvalue weighted by atomic mass is 9.72. The lowest BCUT2D eigenvalue weighted by Crippen LogP contribution is -2.53. The Morgan fingerprint density at radius 2 is 1.86 bits per heavy atom. The standard InChI is InChI=1S/C16H22N2O3/c1-2-13(14(17)19)18-10-8-16(9-11-18,15(20)21)12-6-4-3-5-7-12/h3-7,13H,2,8-11H2,1H3,(H2,17,19)(H,20,21). The molecule has 1 atom stereocenters. The van der Waals surface area contributed by atoms with E-state index in [9.17, 15) is 14.7 Å². The SMILES string of the molecule is CCC(C(N)=O)N1CCC(C(=O)O)(c2ccccc2)CC1. The summed E-state index contributed by atoms with van der Waals surface area (Å²) in [6.07, 6.45) is 1.65. The predicted molar refractivity (Wildman–Crippen MR) is 79.8 cm³/mol. The van der Waals surface area contributed by atoms with Gasteiger partial charge < -0.3 is 10.8 Å². The van der Waals surface area contributed by atoms with Crippen molar-refractivity contribution < 1.29 is 14.7 Å². The van der Waals surface area contributed by atoms with Crippen LogP contribution >= 0.6 is 0 Å². The monoisotopic (exact) mass is 290 g/mol. The lowest BCUT2D eigenvalue weighted by molar-refractivity contribution is -0.146. The zero-order chi connectivity index (χ0) is 15.5. The lowest BCUT2D eigenvalue weighted by Gasteiger charge is -2.41. The van der Waals surface area contributed by atoms with Gasteiger partial charge in [0.2, 0.25) is 5.91 Å². The van der Waals surface area contributed by atoms with Gasteiger partial charge in [-0.25, -0.2) is 0 Å². The molecule has 5 nitrogen and oxygen atoms in total. The van der Waals surface area contributed by atoms with Gasteiger partial charge >= 0.3 is 5.97 Å². The first kappa shape index (κ1) is 15.5. The number of piperidine rings is 1. The van der Waals surface area contributed by atoms with Crippen LogP contribution in [0.1, 0.15) is 31.7 Å². The quantitative estimate of drug-likeness (QED) is 0.858. The molecule has 1 aliphatic rings. The normalized spacial score (nSPS) is 19.9. The van der Waals surface area contributed by atoms with Crippen molar-refractivity contribution in [3.05, 3.63) is 35.9 Å². The number of likely N-dealkylation sites (tertiary alicyclic amines) is 1. The Hall–Kier alpha value is -1.88. The van der Waals surface area contributed by atoms with E-state index in [-0.39, 0.29) is 11.9 Å². The molecule has 0 spiro atoms. The number of carbonyl (C=O) groups is 2. The minimum atomic E-state index is -0.853. The number of hydrogen-bond acceptors (Lipinski definition) is 3. The Morgan fingerprint density at radius 3 is 2.29 bits per heavy atom. The predicted octanol–water partition coefficient (Wildman–Crippen LogP) is 1.37. The largest absolute Gasteiger partial charge is 0.481 e. The minimum Gasteiger partial charge on any atom is -0.481 e. The van der Waals surface area contributed by atoms with Gasteiger partial charge in [-0.3, -0.25) is 14.5 Å². The number of nitrogens with two attached hydrogens (primary N) is 1. The molecule has 3 N–H and O–H groups in total. The Bertz CT molecular complexity index is 508. The molecule has 2 rings (SSSR count). The maximum absolute atomic E-state index is 11.8. The van der Waals surface area contributed by atoms with Gasteiger partial charge in [-0.05, 0) is 24.8 Å². The molecule has 0 aliphatic carbocycles. The number of aliphatic carboxylic acids is 1. The molecule has 1 saturated heterocycles. The van der Waals surface area contributed by atoms with Crippen molar-refractivity contribution in [1.29, 1.82) is 0 Å². The van der Waals surface area contributed by atoms with E-state index in [2.05, 4.69) is 0 Å². The fourth-order valence-electron chi connectivity index (χ4n) is 3.24. The number of benzene rings is 1. The highest BCUT2D eigenvalue weighted by molar-refractivity contribution is 5.82. The van der Waals surface area contributed by atoms with E-state index in [0.29, 0.717) is 32.4 Å². The molecule has 21 heavy (non-hydrogen) atoms. The summed E-state index contributed by atoms with van der Waals surface area (Å²) in [4.78, 5) is 25.3. The third-order valence-electron chi connectivity index (χ3n) is 4.54. The summed E-state index contributed by atoms with van der Waals surface area (Å²) in [5.74, 6) is -1.12. The molecule has 0 saturated carbocycles. The number of rotatable bonds is 5. The number of carboxylic acid groups (broad SMARTS) is 1. The number of hydrogen-bond donors (Lipinski definition) is 2. The van der Waals surface area contributed by atoms with Crippen LogP contribution in [0.15, 0.2) is 30.3 Å². The molecule has 1 aromatic rings. The van der Waals surface area contributed by atoms with Crippen LogP contribution in [0.5, 0.6) is 0 Å². The van der Waals surface area contributed by atoms with Crippen molar-refractivity contribution in [2.75, 3.05) is 13.1 Å². The first-order valence-corrected chi connectivity index (χ1v) is 7.33. The van der Waals surface area contributed by atoms with Crippen molar-refractivity contribution in [2.45, 2.75) is 37.6 Å². The van der Waals surface area contributed by atoms with Gasteiger partial charge in [-0.15, -0.1) is 0 Å². The van der Waals surface area contributed by atoms with Crippen LogP contribution in [0.25, 0.3) is 0 Å². The van der Waals surface area contributed by atoms with Gasteiger partial charge in [0.25, 0.3) is 0 Å². The zero-order valence-corrected chi connectivity index (χ0v) is 12.3. The molecular weight excluding hydrogens is 268 g/mol. The molecule has 0 aromatic heterocycles. The molecule has 1 unspecified atom stereocenters. The van der Waals surface area contributed by atoms with Gasteiger partial charge in [-0.1, -0.05) is 37.3 Å². The fraction of sp³-hybridized carbons (Fsp3) is 0.500. The maximum Gasteiger partial charge on any atom is 0.314 e. The molecule has 0 radical (unpaired) electrons. The average Bonchev–Trinajstić information content (AvgIpc) is 2.49. The summed E-state index contributed by atoms with van der Waals surface area (Å²) >= 11 is 0. The molecule has 114 valence electrons. The smallest absolute Gasteiger partial charge is 0.314 e. The second-order valence-corrected chi connectivity index (χ2v) is 5.62. The van der Waals surface area contributed by atoms with Crippen LogP contribution in [0.2, 0.25) is 0 Å². The molecule has 5 heteroatoms. The van der Waals surface area contributed by atoms with E-state index < -0.39 is 11.4 Å². The van der Waals surface area contributed by atoms with Gasteiger partial charge in [-0.2, -0.15) is 0 Å². The molecular formula is C16H22N2O3. The van der Waals surface area contributed by atoms with Crippen molar-refractivity contribution in [1.82, 2.24) is 4.90 Å². The third kappa shape index (κ3) is 2.93. The van der Waals surface area contributed by atoms with Crippen molar-refractivity contribution in [3.63, 3.8) is 0 Å². The fourth-order valence-corrected chi connectivity index (χ4v) is 3.24. The topological polar surface area (TPSA) is 83.6 Å². The summed E-state index contributed by atoms with van der Waals surface area (Å²) in [6, 6.07) is 9.06. The molecule has 1 aromatic carbocycles. The van der Waals surface area contributed by atoms with E-state index in [4.69, 9.17) is 5.73 Å².